The lowest BCUT2D eigenvalue weighted by Crippen LogP contribution is -2.49. The van der Waals surface area contributed by atoms with Crippen LogP contribution in [0.1, 0.15) is 12.0 Å². The molecule has 0 radical (unpaired) electrons. The van der Waals surface area contributed by atoms with Gasteiger partial charge in [-0.1, -0.05) is 30.3 Å². The highest BCUT2D eigenvalue weighted by atomic mass is 16.5. The van der Waals surface area contributed by atoms with E-state index in [9.17, 15) is 20.0 Å². The quantitative estimate of drug-likeness (QED) is 0.531. The minimum Gasteiger partial charge on any atom is -0.408 e. The summed E-state index contributed by atoms with van der Waals surface area (Å²) in [5, 5.41) is 25.1. The molecule has 3 aromatic rings. The molecule has 2 heterocycles. The van der Waals surface area contributed by atoms with Crippen LogP contribution in [0.2, 0.25) is 0 Å². The number of nitrogens with zero attached hydrogens (tertiary/aromatic N) is 2. The summed E-state index contributed by atoms with van der Waals surface area (Å²) in [6.07, 6.45) is -0.454. The van der Waals surface area contributed by atoms with Gasteiger partial charge in [0.25, 0.3) is 5.91 Å². The zero-order valence-electron chi connectivity index (χ0n) is 18.3. The van der Waals surface area contributed by atoms with E-state index in [4.69, 9.17) is 9.15 Å². The molecule has 1 fully saturated rings. The van der Waals surface area contributed by atoms with Crippen LogP contribution >= 0.6 is 0 Å². The van der Waals surface area contributed by atoms with Crippen LogP contribution in [-0.2, 0) is 23.0 Å². The second-order valence-corrected chi connectivity index (χ2v) is 8.17. The Hall–Kier alpha value is -3.45. The van der Waals surface area contributed by atoms with Gasteiger partial charge in [0.15, 0.2) is 5.58 Å². The van der Waals surface area contributed by atoms with Crippen LogP contribution in [0.15, 0.2) is 51.7 Å². The first kappa shape index (κ1) is 22.7. The Kier molecular flexibility index (Phi) is 6.89. The highest BCUT2D eigenvalue weighted by Gasteiger charge is 2.24. The molecule has 4 rings (SSSR count). The van der Waals surface area contributed by atoms with Crippen LogP contribution in [0.4, 0.5) is 0 Å². The molecule has 2 aromatic carbocycles. The third-order valence-electron chi connectivity index (χ3n) is 5.76. The summed E-state index contributed by atoms with van der Waals surface area (Å²) in [5.74, 6) is -0.780. The van der Waals surface area contributed by atoms with E-state index in [0.29, 0.717) is 37.0 Å². The number of ether oxygens (including phenoxy) is 1. The van der Waals surface area contributed by atoms with Gasteiger partial charge < -0.3 is 24.9 Å². The maximum atomic E-state index is 12.6. The van der Waals surface area contributed by atoms with Crippen LogP contribution in [0.3, 0.4) is 0 Å². The lowest BCUT2D eigenvalue weighted by Gasteiger charge is -2.24. The molecule has 3 N–H and O–H groups in total. The largest absolute Gasteiger partial charge is 0.419 e. The summed E-state index contributed by atoms with van der Waals surface area (Å²) in [6.45, 7) is 1.03. The number of rotatable bonds is 5. The maximum Gasteiger partial charge on any atom is 0.419 e. The standard InChI is InChI=1S/C24H26N4O5/c1-28-20-11-17(6-7-21(20)33-24(28)31)16-4-2-15(3-5-16)10-18(12-25)27-23(30)22-13-26-9-8-19(29)14-32-22/h2-7,11,18-19,22,26,29H,8-10,13-14H2,1H3,(H,27,30)/t18-,19-,22-/m0/s1. The van der Waals surface area contributed by atoms with E-state index in [2.05, 4.69) is 16.7 Å². The Morgan fingerprint density at radius 1 is 1.30 bits per heavy atom. The molecule has 1 saturated heterocycles. The Morgan fingerprint density at radius 3 is 2.82 bits per heavy atom. The van der Waals surface area contributed by atoms with Crippen LogP contribution in [0.5, 0.6) is 0 Å². The van der Waals surface area contributed by atoms with Crippen molar-refractivity contribution in [1.29, 1.82) is 5.26 Å². The number of carbonyl (C=O) groups excluding carboxylic acids is 1. The average molecular weight is 450 g/mol. The van der Waals surface area contributed by atoms with Gasteiger partial charge in [-0.3, -0.25) is 9.36 Å². The van der Waals surface area contributed by atoms with E-state index in [-0.39, 0.29) is 12.5 Å². The molecule has 0 aliphatic carbocycles. The number of oxazole rings is 1. The molecule has 33 heavy (non-hydrogen) atoms. The number of aliphatic hydroxyl groups excluding tert-OH is 1. The Bertz CT molecular complexity index is 1220. The second-order valence-electron chi connectivity index (χ2n) is 8.17. The maximum absolute atomic E-state index is 12.6. The minimum atomic E-state index is -0.757. The van der Waals surface area contributed by atoms with E-state index in [0.717, 1.165) is 16.7 Å². The third-order valence-corrected chi connectivity index (χ3v) is 5.76. The van der Waals surface area contributed by atoms with E-state index >= 15 is 0 Å². The van der Waals surface area contributed by atoms with Gasteiger partial charge in [-0.2, -0.15) is 5.26 Å². The van der Waals surface area contributed by atoms with Gasteiger partial charge in [-0.25, -0.2) is 4.79 Å². The smallest absolute Gasteiger partial charge is 0.408 e. The van der Waals surface area contributed by atoms with Gasteiger partial charge in [0.1, 0.15) is 12.1 Å². The lowest BCUT2D eigenvalue weighted by atomic mass is 10.0. The Balaban J connectivity index is 1.41. The van der Waals surface area contributed by atoms with Crippen molar-refractivity contribution >= 4 is 17.0 Å². The molecule has 0 unspecified atom stereocenters. The number of hydrogen-bond acceptors (Lipinski definition) is 7. The van der Waals surface area contributed by atoms with Crippen molar-refractivity contribution in [3.63, 3.8) is 0 Å². The van der Waals surface area contributed by atoms with Gasteiger partial charge in [0, 0.05) is 20.0 Å². The van der Waals surface area contributed by atoms with Crippen molar-refractivity contribution in [2.75, 3.05) is 19.7 Å². The molecule has 9 heteroatoms. The van der Waals surface area contributed by atoms with Crippen molar-refractivity contribution in [3.05, 3.63) is 58.6 Å². The molecule has 0 bridgehead atoms. The number of carbonyl (C=O) groups is 1. The minimum absolute atomic E-state index is 0.0945. The number of aryl methyl sites for hydroxylation is 1. The van der Waals surface area contributed by atoms with Crippen molar-refractivity contribution in [2.45, 2.75) is 31.1 Å². The first-order valence-electron chi connectivity index (χ1n) is 10.8. The Morgan fingerprint density at radius 2 is 2.06 bits per heavy atom. The molecule has 9 nitrogen and oxygen atoms in total. The molecule has 0 spiro atoms. The molecule has 3 atom stereocenters. The fourth-order valence-corrected chi connectivity index (χ4v) is 3.81. The predicted molar refractivity (Wildman–Crippen MR) is 121 cm³/mol. The summed E-state index contributed by atoms with van der Waals surface area (Å²) in [6, 6.07) is 14.7. The number of hydrogen-bond donors (Lipinski definition) is 3. The van der Waals surface area contributed by atoms with Crippen LogP contribution in [0, 0.1) is 11.3 Å². The zero-order chi connectivity index (χ0) is 23.4. The summed E-state index contributed by atoms with van der Waals surface area (Å²) in [7, 11) is 1.66. The van der Waals surface area contributed by atoms with Crippen LogP contribution in [0.25, 0.3) is 22.2 Å². The van der Waals surface area contributed by atoms with E-state index in [1.165, 1.54) is 4.57 Å². The van der Waals surface area contributed by atoms with Crippen molar-refractivity contribution < 1.29 is 19.1 Å². The molecule has 0 saturated carbocycles. The van der Waals surface area contributed by atoms with Gasteiger partial charge in [-0.15, -0.1) is 0 Å². The van der Waals surface area contributed by atoms with Crippen molar-refractivity contribution in [1.82, 2.24) is 15.2 Å². The lowest BCUT2D eigenvalue weighted by molar-refractivity contribution is -0.135. The number of fused-ring (bicyclic) bond motifs is 1. The highest BCUT2D eigenvalue weighted by Crippen LogP contribution is 2.24. The predicted octanol–water partition coefficient (Wildman–Crippen LogP) is 1.09. The normalized spacial score (nSPS) is 19.9. The van der Waals surface area contributed by atoms with Gasteiger partial charge >= 0.3 is 5.76 Å². The highest BCUT2D eigenvalue weighted by molar-refractivity contribution is 5.82. The van der Waals surface area contributed by atoms with E-state index in [1.807, 2.05) is 36.4 Å². The fraction of sp³-hybridized carbons (Fsp3) is 0.375. The number of benzene rings is 2. The summed E-state index contributed by atoms with van der Waals surface area (Å²) in [4.78, 5) is 24.3. The van der Waals surface area contributed by atoms with Crippen LogP contribution in [-0.4, -0.2) is 53.5 Å². The SMILES string of the molecule is Cn1c(=O)oc2ccc(-c3ccc(C[C@@H](C#N)NC(=O)[C@@H]4CNCC[C@H](O)CO4)cc3)cc21. The Labute approximate surface area is 190 Å². The van der Waals surface area contributed by atoms with E-state index < -0.39 is 24.0 Å². The van der Waals surface area contributed by atoms with Crippen molar-refractivity contribution in [3.8, 4) is 17.2 Å². The number of aromatic nitrogens is 1. The van der Waals surface area contributed by atoms with Crippen LogP contribution < -0.4 is 16.4 Å². The molecular weight excluding hydrogens is 424 g/mol. The van der Waals surface area contributed by atoms with Gasteiger partial charge in [0.2, 0.25) is 0 Å². The van der Waals surface area contributed by atoms with Gasteiger partial charge in [0.05, 0.1) is 24.3 Å². The van der Waals surface area contributed by atoms with E-state index in [1.54, 1.807) is 13.1 Å². The second kappa shape index (κ2) is 10.0. The summed E-state index contributed by atoms with van der Waals surface area (Å²) >= 11 is 0. The number of aliphatic hydroxyl groups is 1. The molecular formula is C24H26N4O5. The zero-order valence-corrected chi connectivity index (χ0v) is 18.3. The summed E-state index contributed by atoms with van der Waals surface area (Å²) in [5.41, 5.74) is 4.04. The number of nitriles is 1. The summed E-state index contributed by atoms with van der Waals surface area (Å²) < 4.78 is 12.1. The van der Waals surface area contributed by atoms with Crippen molar-refractivity contribution in [2.24, 2.45) is 7.05 Å². The number of nitrogens with one attached hydrogen (secondary N) is 2. The monoisotopic (exact) mass is 450 g/mol. The molecule has 1 aliphatic rings. The first-order chi connectivity index (χ1) is 15.9. The molecule has 1 aliphatic heterocycles. The molecule has 1 aromatic heterocycles. The van der Waals surface area contributed by atoms with Gasteiger partial charge in [-0.05, 0) is 41.8 Å². The fourth-order valence-electron chi connectivity index (χ4n) is 3.81. The topological polar surface area (TPSA) is 130 Å². The number of amides is 1. The third kappa shape index (κ3) is 5.31. The molecule has 1 amide bonds. The first-order valence-corrected chi connectivity index (χ1v) is 10.8. The molecule has 172 valence electrons. The average Bonchev–Trinajstić information content (AvgIpc) is 3.09.